The lowest BCUT2D eigenvalue weighted by molar-refractivity contribution is -0.158. The van der Waals surface area contributed by atoms with Crippen LogP contribution in [0.1, 0.15) is 49.3 Å². The molecule has 0 aromatic heterocycles. The molecule has 0 radical (unpaired) electrons. The van der Waals surface area contributed by atoms with Gasteiger partial charge in [0, 0.05) is 18.5 Å². The summed E-state index contributed by atoms with van der Waals surface area (Å²) in [5.41, 5.74) is 1.63. The van der Waals surface area contributed by atoms with Crippen molar-refractivity contribution in [1.29, 1.82) is 0 Å². The van der Waals surface area contributed by atoms with E-state index in [1.807, 2.05) is 12.1 Å². The van der Waals surface area contributed by atoms with Gasteiger partial charge in [-0.3, -0.25) is 9.69 Å². The van der Waals surface area contributed by atoms with E-state index in [9.17, 15) is 35.2 Å². The van der Waals surface area contributed by atoms with Crippen LogP contribution in [0.4, 0.5) is 22.0 Å². The molecule has 2 aromatic rings. The van der Waals surface area contributed by atoms with E-state index in [2.05, 4.69) is 10.2 Å². The highest BCUT2D eigenvalue weighted by Gasteiger charge is 2.44. The van der Waals surface area contributed by atoms with Gasteiger partial charge >= 0.3 is 6.18 Å². The minimum atomic E-state index is -5.18. The number of sulfonamides is 1. The molecular formula is C25H28F5N3O4S. The number of piperidine rings is 1. The van der Waals surface area contributed by atoms with Crippen LogP contribution in [0, 0.1) is 11.6 Å². The Hall–Kier alpha value is -2.77. The predicted octanol–water partition coefficient (Wildman–Crippen LogP) is 4.19. The Morgan fingerprint density at radius 1 is 1.08 bits per heavy atom. The first-order valence-electron chi connectivity index (χ1n) is 12.2. The Labute approximate surface area is 217 Å². The number of fused-ring (bicyclic) bond motifs is 1. The number of hydrogen-bond donors (Lipinski definition) is 2. The smallest absolute Gasteiger partial charge is 0.405 e. The van der Waals surface area contributed by atoms with Crippen LogP contribution < -0.4 is 14.8 Å². The van der Waals surface area contributed by atoms with Crippen molar-refractivity contribution in [2.75, 3.05) is 19.7 Å². The maximum absolute atomic E-state index is 13.9. The van der Waals surface area contributed by atoms with Crippen molar-refractivity contribution in [2.45, 2.75) is 61.8 Å². The van der Waals surface area contributed by atoms with E-state index in [-0.39, 0.29) is 12.7 Å². The standard InChI is InChI=1S/C25H28F5N3O4S/c26-17-5-7-19(27)22(13-17)38(35,36)32-23(25(28,29)30)14-24(34)31-20-8-11-37-21-12-16(4-6-18(20)21)15-33-9-2-1-3-10-33/h4-7,12-13,20,23,32H,1-3,8-11,14-15H2,(H,31,34)/t20-,23-/m1/s1. The number of alkyl halides is 3. The fourth-order valence-corrected chi connectivity index (χ4v) is 5.97. The highest BCUT2D eigenvalue weighted by Crippen LogP contribution is 2.34. The number of ether oxygens (including phenoxy) is 1. The Morgan fingerprint density at radius 2 is 1.82 bits per heavy atom. The second kappa shape index (κ2) is 11.5. The first-order valence-corrected chi connectivity index (χ1v) is 13.7. The van der Waals surface area contributed by atoms with E-state index in [0.717, 1.165) is 38.0 Å². The monoisotopic (exact) mass is 561 g/mol. The van der Waals surface area contributed by atoms with Crippen LogP contribution in [-0.4, -0.2) is 51.1 Å². The molecule has 38 heavy (non-hydrogen) atoms. The summed E-state index contributed by atoms with van der Waals surface area (Å²) in [5.74, 6) is -3.11. The topological polar surface area (TPSA) is 87.7 Å². The molecule has 0 saturated carbocycles. The second-order valence-electron chi connectivity index (χ2n) is 9.46. The quantitative estimate of drug-likeness (QED) is 0.472. The highest BCUT2D eigenvalue weighted by molar-refractivity contribution is 7.89. The first kappa shape index (κ1) is 28.2. The number of rotatable bonds is 8. The van der Waals surface area contributed by atoms with Crippen LogP contribution in [0.25, 0.3) is 0 Å². The van der Waals surface area contributed by atoms with Gasteiger partial charge in [0.1, 0.15) is 28.3 Å². The van der Waals surface area contributed by atoms with Crippen LogP contribution in [0.5, 0.6) is 5.75 Å². The largest absolute Gasteiger partial charge is 0.493 e. The highest BCUT2D eigenvalue weighted by atomic mass is 32.2. The first-order chi connectivity index (χ1) is 17.9. The molecule has 2 aliphatic heterocycles. The van der Waals surface area contributed by atoms with Gasteiger partial charge in [0.25, 0.3) is 0 Å². The third-order valence-electron chi connectivity index (χ3n) is 6.57. The molecule has 0 aliphatic carbocycles. The van der Waals surface area contributed by atoms with Crippen LogP contribution in [-0.2, 0) is 21.4 Å². The number of carbonyl (C=O) groups excluding carboxylic acids is 1. The SMILES string of the molecule is O=C(C[C@@H](NS(=O)(=O)c1cc(F)ccc1F)C(F)(F)F)N[C@@H]1CCOc2cc(CN3CCCCC3)ccc21. The van der Waals surface area contributed by atoms with Gasteiger partial charge in [-0.25, -0.2) is 17.2 Å². The minimum Gasteiger partial charge on any atom is -0.493 e. The molecule has 4 rings (SSSR count). The summed E-state index contributed by atoms with van der Waals surface area (Å²) < 4.78 is 100. The molecule has 1 amide bonds. The van der Waals surface area contributed by atoms with Gasteiger partial charge in [-0.2, -0.15) is 17.9 Å². The fraction of sp³-hybridized carbons (Fsp3) is 0.480. The van der Waals surface area contributed by atoms with Gasteiger partial charge in [-0.05, 0) is 55.8 Å². The summed E-state index contributed by atoms with van der Waals surface area (Å²) >= 11 is 0. The molecule has 2 heterocycles. The molecule has 2 aromatic carbocycles. The Bertz CT molecular complexity index is 1270. The third-order valence-corrected chi connectivity index (χ3v) is 8.06. The number of amides is 1. The Balaban J connectivity index is 1.44. The third kappa shape index (κ3) is 7.00. The van der Waals surface area contributed by atoms with Gasteiger partial charge in [-0.15, -0.1) is 0 Å². The molecule has 2 atom stereocenters. The molecule has 0 unspecified atom stereocenters. The number of benzene rings is 2. The summed E-state index contributed by atoms with van der Waals surface area (Å²) in [7, 11) is -5.13. The van der Waals surface area contributed by atoms with Crippen molar-refractivity contribution in [3.63, 3.8) is 0 Å². The molecule has 1 fully saturated rings. The number of halogens is 5. The van der Waals surface area contributed by atoms with Crippen molar-refractivity contribution in [2.24, 2.45) is 0 Å². The average Bonchev–Trinajstić information content (AvgIpc) is 2.85. The molecule has 13 heteroatoms. The molecule has 208 valence electrons. The van der Waals surface area contributed by atoms with Crippen molar-refractivity contribution < 1.29 is 39.9 Å². The van der Waals surface area contributed by atoms with Gasteiger partial charge < -0.3 is 10.1 Å². The van der Waals surface area contributed by atoms with E-state index in [1.165, 1.54) is 11.1 Å². The molecule has 1 saturated heterocycles. The normalized spacial score (nSPS) is 19.3. The van der Waals surface area contributed by atoms with Gasteiger partial charge in [0.2, 0.25) is 15.9 Å². The zero-order valence-electron chi connectivity index (χ0n) is 20.4. The van der Waals surface area contributed by atoms with E-state index >= 15 is 0 Å². The molecule has 0 spiro atoms. The number of nitrogens with zero attached hydrogens (tertiary/aromatic N) is 1. The van der Waals surface area contributed by atoms with E-state index in [0.29, 0.717) is 29.9 Å². The number of likely N-dealkylation sites (tertiary alicyclic amines) is 1. The van der Waals surface area contributed by atoms with Gasteiger partial charge in [0.05, 0.1) is 19.1 Å². The van der Waals surface area contributed by atoms with E-state index in [1.54, 1.807) is 6.07 Å². The molecule has 2 aliphatic rings. The Kier molecular flexibility index (Phi) is 8.58. The van der Waals surface area contributed by atoms with Crippen molar-refractivity contribution in [3.05, 3.63) is 59.2 Å². The number of carbonyl (C=O) groups is 1. The Morgan fingerprint density at radius 3 is 2.53 bits per heavy atom. The fourth-order valence-electron chi connectivity index (χ4n) is 4.65. The zero-order valence-corrected chi connectivity index (χ0v) is 21.2. The van der Waals surface area contributed by atoms with Gasteiger partial charge in [-0.1, -0.05) is 18.6 Å². The zero-order chi connectivity index (χ0) is 27.5. The minimum absolute atomic E-state index is 0.235. The lowest BCUT2D eigenvalue weighted by Crippen LogP contribution is -2.48. The molecule has 2 N–H and O–H groups in total. The van der Waals surface area contributed by atoms with E-state index < -0.39 is 57.1 Å². The number of nitrogens with one attached hydrogen (secondary N) is 2. The van der Waals surface area contributed by atoms with Crippen molar-refractivity contribution in [1.82, 2.24) is 14.9 Å². The second-order valence-corrected chi connectivity index (χ2v) is 11.1. The van der Waals surface area contributed by atoms with Crippen LogP contribution >= 0.6 is 0 Å². The van der Waals surface area contributed by atoms with Gasteiger partial charge in [0.15, 0.2) is 0 Å². The molecular weight excluding hydrogens is 533 g/mol. The maximum Gasteiger partial charge on any atom is 0.405 e. The summed E-state index contributed by atoms with van der Waals surface area (Å²) in [4.78, 5) is 13.7. The number of hydrogen-bond acceptors (Lipinski definition) is 5. The lowest BCUT2D eigenvalue weighted by Gasteiger charge is -2.30. The summed E-state index contributed by atoms with van der Waals surface area (Å²) in [6, 6.07) is 3.41. The summed E-state index contributed by atoms with van der Waals surface area (Å²) in [5, 5.41) is 2.53. The van der Waals surface area contributed by atoms with E-state index in [4.69, 9.17) is 4.74 Å². The lowest BCUT2D eigenvalue weighted by atomic mass is 9.98. The van der Waals surface area contributed by atoms with Crippen LogP contribution in [0.3, 0.4) is 0 Å². The molecule has 7 nitrogen and oxygen atoms in total. The van der Waals surface area contributed by atoms with Crippen LogP contribution in [0.15, 0.2) is 41.3 Å². The maximum atomic E-state index is 13.9. The average molecular weight is 562 g/mol. The van der Waals surface area contributed by atoms with Crippen molar-refractivity contribution in [3.8, 4) is 5.75 Å². The summed E-state index contributed by atoms with van der Waals surface area (Å²) in [6.07, 6.45) is -2.67. The molecule has 0 bridgehead atoms. The van der Waals surface area contributed by atoms with Crippen LogP contribution in [0.2, 0.25) is 0 Å². The predicted molar refractivity (Wildman–Crippen MR) is 128 cm³/mol. The summed E-state index contributed by atoms with van der Waals surface area (Å²) in [6.45, 7) is 2.99. The van der Waals surface area contributed by atoms with Crippen molar-refractivity contribution >= 4 is 15.9 Å².